The van der Waals surface area contributed by atoms with Crippen LogP contribution in [-0.2, 0) is 4.79 Å². The molecule has 1 saturated heterocycles. The van der Waals surface area contributed by atoms with E-state index in [-0.39, 0.29) is 11.8 Å². The number of hydrogen-bond donors (Lipinski definition) is 1. The monoisotopic (exact) mass is 323 g/mol. The third-order valence-electron chi connectivity index (χ3n) is 4.25. The van der Waals surface area contributed by atoms with Gasteiger partial charge in [0.25, 0.3) is 5.91 Å². The highest BCUT2D eigenvalue weighted by molar-refractivity contribution is 6.01. The maximum absolute atomic E-state index is 12.8. The van der Waals surface area contributed by atoms with E-state index in [1.807, 2.05) is 37.3 Å². The van der Waals surface area contributed by atoms with Crippen molar-refractivity contribution < 1.29 is 9.59 Å². The zero-order valence-electron chi connectivity index (χ0n) is 13.7. The molecule has 24 heavy (non-hydrogen) atoms. The first-order chi connectivity index (χ1) is 11.6. The number of aryl methyl sites for hydroxylation is 1. The minimum Gasteiger partial charge on any atom is -0.327 e. The zero-order valence-corrected chi connectivity index (χ0v) is 13.7. The van der Waals surface area contributed by atoms with Gasteiger partial charge >= 0.3 is 0 Å². The number of hydrogen-bond acceptors (Lipinski definition) is 3. The molecule has 2 amide bonds. The van der Waals surface area contributed by atoms with Crippen molar-refractivity contribution in [2.45, 2.75) is 32.2 Å². The van der Waals surface area contributed by atoms with E-state index in [9.17, 15) is 9.59 Å². The molecule has 1 aromatic heterocycles. The van der Waals surface area contributed by atoms with Crippen LogP contribution in [0.5, 0.6) is 0 Å². The molecule has 0 bridgehead atoms. The van der Waals surface area contributed by atoms with Crippen LogP contribution >= 0.6 is 0 Å². The summed E-state index contributed by atoms with van der Waals surface area (Å²) < 4.78 is 0. The number of anilines is 1. The van der Waals surface area contributed by atoms with E-state index in [4.69, 9.17) is 0 Å². The lowest BCUT2D eigenvalue weighted by molar-refractivity contribution is -0.121. The van der Waals surface area contributed by atoms with Gasteiger partial charge in [-0.2, -0.15) is 0 Å². The first-order valence-electron chi connectivity index (χ1n) is 8.25. The van der Waals surface area contributed by atoms with Crippen molar-refractivity contribution in [3.63, 3.8) is 0 Å². The highest BCUT2D eigenvalue weighted by Gasteiger charge is 2.32. The van der Waals surface area contributed by atoms with E-state index in [0.717, 1.165) is 18.4 Å². The third-order valence-corrected chi connectivity index (χ3v) is 4.25. The first-order valence-corrected chi connectivity index (χ1v) is 8.25. The molecule has 1 N–H and O–H groups in total. The van der Waals surface area contributed by atoms with E-state index in [1.54, 1.807) is 23.2 Å². The molecule has 0 aliphatic carbocycles. The third kappa shape index (κ3) is 3.62. The second-order valence-corrected chi connectivity index (χ2v) is 6.08. The summed E-state index contributed by atoms with van der Waals surface area (Å²) in [5.41, 5.74) is 1.65. The highest BCUT2D eigenvalue weighted by Crippen LogP contribution is 2.21. The van der Waals surface area contributed by atoms with Gasteiger partial charge in [-0.15, -0.1) is 0 Å². The summed E-state index contributed by atoms with van der Waals surface area (Å²) in [5, 5.41) is 2.84. The quantitative estimate of drug-likeness (QED) is 0.944. The van der Waals surface area contributed by atoms with Crippen molar-refractivity contribution in [1.82, 2.24) is 9.88 Å². The Morgan fingerprint density at radius 2 is 1.96 bits per heavy atom. The van der Waals surface area contributed by atoms with Crippen LogP contribution < -0.4 is 5.32 Å². The van der Waals surface area contributed by atoms with Gasteiger partial charge in [-0.1, -0.05) is 18.2 Å². The zero-order chi connectivity index (χ0) is 16.9. The van der Waals surface area contributed by atoms with Gasteiger partial charge in [0, 0.05) is 18.3 Å². The van der Waals surface area contributed by atoms with Crippen molar-refractivity contribution in [3.05, 3.63) is 59.8 Å². The number of piperidine rings is 1. The van der Waals surface area contributed by atoms with E-state index in [0.29, 0.717) is 24.3 Å². The van der Waals surface area contributed by atoms with Crippen molar-refractivity contribution >= 4 is 17.6 Å². The Hall–Kier alpha value is -2.69. The molecule has 1 unspecified atom stereocenters. The van der Waals surface area contributed by atoms with Crippen molar-refractivity contribution in [1.29, 1.82) is 0 Å². The van der Waals surface area contributed by atoms with Gasteiger partial charge in [-0.05, 0) is 56.0 Å². The van der Waals surface area contributed by atoms with Crippen LogP contribution in [0.1, 0.15) is 35.2 Å². The number of nitrogens with one attached hydrogen (secondary N) is 1. The van der Waals surface area contributed by atoms with Crippen LogP contribution in [0.2, 0.25) is 0 Å². The van der Waals surface area contributed by atoms with Gasteiger partial charge in [0.15, 0.2) is 0 Å². The fourth-order valence-electron chi connectivity index (χ4n) is 3.01. The Morgan fingerprint density at radius 3 is 2.71 bits per heavy atom. The summed E-state index contributed by atoms with van der Waals surface area (Å²) in [4.78, 5) is 31.3. The fraction of sp³-hybridized carbons (Fsp3) is 0.316. The maximum Gasteiger partial charge on any atom is 0.254 e. The molecule has 3 rings (SSSR count). The Labute approximate surface area is 141 Å². The van der Waals surface area contributed by atoms with Gasteiger partial charge in [-0.3, -0.25) is 9.59 Å². The molecule has 1 fully saturated rings. The van der Waals surface area contributed by atoms with Crippen LogP contribution in [0.25, 0.3) is 0 Å². The van der Waals surface area contributed by atoms with Gasteiger partial charge in [0.05, 0.1) is 0 Å². The number of rotatable bonds is 3. The summed E-state index contributed by atoms with van der Waals surface area (Å²) >= 11 is 0. The van der Waals surface area contributed by atoms with Gasteiger partial charge in [0.2, 0.25) is 5.91 Å². The Morgan fingerprint density at radius 1 is 1.17 bits per heavy atom. The van der Waals surface area contributed by atoms with Gasteiger partial charge in [-0.25, -0.2) is 4.98 Å². The lowest BCUT2D eigenvalue weighted by atomic mass is 10.00. The number of carbonyl (C=O) groups is 2. The molecule has 124 valence electrons. The summed E-state index contributed by atoms with van der Waals surface area (Å²) in [6.07, 6.45) is 4.21. The molecule has 1 aliphatic heterocycles. The number of carbonyl (C=O) groups excluding carboxylic acids is 2. The molecule has 0 radical (unpaired) electrons. The first kappa shape index (κ1) is 16.2. The van der Waals surface area contributed by atoms with Crippen molar-refractivity contribution in [2.24, 2.45) is 0 Å². The second kappa shape index (κ2) is 7.25. The predicted octanol–water partition coefficient (Wildman–Crippen LogP) is 3.02. The number of pyridine rings is 1. The van der Waals surface area contributed by atoms with Crippen LogP contribution in [-0.4, -0.2) is 34.3 Å². The number of benzene rings is 1. The second-order valence-electron chi connectivity index (χ2n) is 6.08. The number of aromatic nitrogens is 1. The molecule has 0 spiro atoms. The number of likely N-dealkylation sites (tertiary alicyclic amines) is 1. The normalized spacial score (nSPS) is 17.4. The Kier molecular flexibility index (Phi) is 4.89. The average molecular weight is 323 g/mol. The van der Waals surface area contributed by atoms with Crippen LogP contribution in [0.15, 0.2) is 48.7 Å². The van der Waals surface area contributed by atoms with Crippen LogP contribution in [0.3, 0.4) is 0 Å². The van der Waals surface area contributed by atoms with E-state index < -0.39 is 6.04 Å². The lowest BCUT2D eigenvalue weighted by Crippen LogP contribution is -2.50. The molecule has 1 atom stereocenters. The fourth-order valence-corrected chi connectivity index (χ4v) is 3.01. The molecule has 1 aromatic carbocycles. The molecule has 0 saturated carbocycles. The molecule has 5 heteroatoms. The number of amides is 2. The molecule has 2 heterocycles. The highest BCUT2D eigenvalue weighted by atomic mass is 16.2. The standard InChI is InChI=1S/C19H21N3O2/c1-14-10-11-20-17(13-14)21-18(23)16-9-5-6-12-22(16)19(24)15-7-3-2-4-8-15/h2-4,7-8,10-11,13,16H,5-6,9,12H2,1H3,(H,20,21,23). The average Bonchev–Trinajstić information content (AvgIpc) is 2.62. The van der Waals surface area contributed by atoms with Gasteiger partial charge in [0.1, 0.15) is 11.9 Å². The Balaban J connectivity index is 1.76. The van der Waals surface area contributed by atoms with Crippen LogP contribution in [0.4, 0.5) is 5.82 Å². The largest absolute Gasteiger partial charge is 0.327 e. The Bertz CT molecular complexity index is 730. The minimum absolute atomic E-state index is 0.0901. The van der Waals surface area contributed by atoms with E-state index in [1.165, 1.54) is 0 Å². The maximum atomic E-state index is 12.8. The van der Waals surface area contributed by atoms with E-state index >= 15 is 0 Å². The topological polar surface area (TPSA) is 62.3 Å². The SMILES string of the molecule is Cc1ccnc(NC(=O)C2CCCCN2C(=O)c2ccccc2)c1. The van der Waals surface area contributed by atoms with Gasteiger partial charge < -0.3 is 10.2 Å². The summed E-state index contributed by atoms with van der Waals surface area (Å²) in [6.45, 7) is 2.55. The summed E-state index contributed by atoms with van der Waals surface area (Å²) in [7, 11) is 0. The van der Waals surface area contributed by atoms with E-state index in [2.05, 4.69) is 10.3 Å². The predicted molar refractivity (Wildman–Crippen MR) is 92.7 cm³/mol. The smallest absolute Gasteiger partial charge is 0.254 e. The minimum atomic E-state index is -0.450. The van der Waals surface area contributed by atoms with Crippen molar-refractivity contribution in [3.8, 4) is 0 Å². The molecule has 5 nitrogen and oxygen atoms in total. The molecular formula is C19H21N3O2. The number of nitrogens with zero attached hydrogens (tertiary/aromatic N) is 2. The molecule has 2 aromatic rings. The van der Waals surface area contributed by atoms with Crippen LogP contribution in [0, 0.1) is 6.92 Å². The molecule has 1 aliphatic rings. The molecular weight excluding hydrogens is 302 g/mol. The lowest BCUT2D eigenvalue weighted by Gasteiger charge is -2.34. The summed E-state index contributed by atoms with van der Waals surface area (Å²) in [5.74, 6) is 0.266. The van der Waals surface area contributed by atoms with Crippen molar-refractivity contribution in [2.75, 3.05) is 11.9 Å². The summed E-state index contributed by atoms with van der Waals surface area (Å²) in [6, 6.07) is 12.4.